The molecule has 0 bridgehead atoms. The van der Waals surface area contributed by atoms with Gasteiger partial charge in [-0.25, -0.2) is 0 Å². The van der Waals surface area contributed by atoms with Crippen LogP contribution in [0.25, 0.3) is 0 Å². The fraction of sp³-hybridized carbons (Fsp3) is 0.462. The van der Waals surface area contributed by atoms with Crippen LogP contribution in [0.1, 0.15) is 48.3 Å². The minimum Gasteiger partial charge on any atom is -0.481 e. The number of hydrogen-bond acceptors (Lipinski definition) is 1. The van der Waals surface area contributed by atoms with Gasteiger partial charge >= 0.3 is 5.97 Å². The average Bonchev–Trinajstić information content (AvgIpc) is 2.44. The zero-order valence-corrected chi connectivity index (χ0v) is 9.16. The van der Waals surface area contributed by atoms with Gasteiger partial charge in [-0.2, -0.15) is 0 Å². The molecular formula is C13H16O2. The van der Waals surface area contributed by atoms with Crippen LogP contribution in [0.4, 0.5) is 0 Å². The highest BCUT2D eigenvalue weighted by atomic mass is 16.4. The normalized spacial score (nSPS) is 23.9. The number of aliphatic carboxylic acids is 1. The minimum absolute atomic E-state index is 0.215. The monoisotopic (exact) mass is 204 g/mol. The molecule has 1 aliphatic carbocycles. The molecule has 80 valence electrons. The van der Waals surface area contributed by atoms with Crippen molar-refractivity contribution < 1.29 is 9.90 Å². The number of rotatable bonds is 2. The number of aryl methyl sites for hydroxylation is 1. The van der Waals surface area contributed by atoms with Gasteiger partial charge in [-0.05, 0) is 41.9 Å². The summed E-state index contributed by atoms with van der Waals surface area (Å²) in [4.78, 5) is 10.8. The van der Waals surface area contributed by atoms with Gasteiger partial charge in [-0.15, -0.1) is 0 Å². The van der Waals surface area contributed by atoms with Gasteiger partial charge in [0.2, 0.25) is 0 Å². The summed E-state index contributed by atoms with van der Waals surface area (Å²) in [5, 5.41) is 8.86. The van der Waals surface area contributed by atoms with Gasteiger partial charge in [0.1, 0.15) is 0 Å². The lowest BCUT2D eigenvalue weighted by Crippen LogP contribution is -2.03. The van der Waals surface area contributed by atoms with E-state index < -0.39 is 5.97 Å². The largest absolute Gasteiger partial charge is 0.481 e. The third kappa shape index (κ3) is 1.76. The Labute approximate surface area is 89.9 Å². The lowest BCUT2D eigenvalue weighted by Gasteiger charge is -2.09. The maximum absolute atomic E-state index is 10.8. The Morgan fingerprint density at radius 3 is 2.93 bits per heavy atom. The first-order chi connectivity index (χ1) is 7.09. The second kappa shape index (κ2) is 3.69. The van der Waals surface area contributed by atoms with Crippen molar-refractivity contribution in [2.75, 3.05) is 0 Å². The molecule has 0 saturated carbocycles. The molecule has 0 spiro atoms. The van der Waals surface area contributed by atoms with Gasteiger partial charge in [-0.1, -0.05) is 25.1 Å². The van der Waals surface area contributed by atoms with Crippen LogP contribution in [-0.2, 0) is 4.79 Å². The molecule has 2 heteroatoms. The minimum atomic E-state index is -0.693. The fourth-order valence-electron chi connectivity index (χ4n) is 2.81. The van der Waals surface area contributed by atoms with E-state index in [0.29, 0.717) is 5.92 Å². The van der Waals surface area contributed by atoms with E-state index in [1.165, 1.54) is 16.7 Å². The van der Waals surface area contributed by atoms with E-state index >= 15 is 0 Å². The van der Waals surface area contributed by atoms with Gasteiger partial charge in [-0.3, -0.25) is 4.79 Å². The fourth-order valence-corrected chi connectivity index (χ4v) is 2.81. The summed E-state index contributed by atoms with van der Waals surface area (Å²) in [7, 11) is 0. The predicted molar refractivity (Wildman–Crippen MR) is 59.2 cm³/mol. The van der Waals surface area contributed by atoms with Crippen molar-refractivity contribution in [3.05, 3.63) is 34.9 Å². The van der Waals surface area contributed by atoms with E-state index in [4.69, 9.17) is 5.11 Å². The number of fused-ring (bicyclic) bond motifs is 1. The molecule has 1 aliphatic rings. The molecule has 0 saturated heterocycles. The van der Waals surface area contributed by atoms with Crippen LogP contribution >= 0.6 is 0 Å². The van der Waals surface area contributed by atoms with Crippen LogP contribution in [0.15, 0.2) is 18.2 Å². The summed E-state index contributed by atoms with van der Waals surface area (Å²) in [5.74, 6) is 0.0273. The topological polar surface area (TPSA) is 37.3 Å². The van der Waals surface area contributed by atoms with Crippen molar-refractivity contribution in [3.63, 3.8) is 0 Å². The van der Waals surface area contributed by atoms with E-state index in [-0.39, 0.29) is 12.3 Å². The Balaban J connectivity index is 2.38. The number of carboxylic acid groups (broad SMARTS) is 1. The Bertz CT molecular complexity index is 396. The first-order valence-corrected chi connectivity index (χ1v) is 5.40. The SMILES string of the molecule is Cc1cccc2c1[C@@H](C)C[C@H]2CC(=O)O. The average molecular weight is 204 g/mol. The standard InChI is InChI=1S/C13H16O2/c1-8-4-3-5-11-10(7-12(14)15)6-9(2)13(8)11/h3-5,9-10H,6-7H2,1-2H3,(H,14,15)/t9-,10-/m0/s1. The summed E-state index contributed by atoms with van der Waals surface area (Å²) in [5.41, 5.74) is 3.93. The Morgan fingerprint density at radius 2 is 2.27 bits per heavy atom. The van der Waals surface area contributed by atoms with Crippen LogP contribution in [0.2, 0.25) is 0 Å². The molecule has 2 nitrogen and oxygen atoms in total. The van der Waals surface area contributed by atoms with Gasteiger partial charge < -0.3 is 5.11 Å². The van der Waals surface area contributed by atoms with E-state index in [1.807, 2.05) is 6.07 Å². The van der Waals surface area contributed by atoms with Crippen molar-refractivity contribution in [2.45, 2.75) is 38.5 Å². The molecular weight excluding hydrogens is 188 g/mol. The number of hydrogen-bond donors (Lipinski definition) is 1. The quantitative estimate of drug-likeness (QED) is 0.803. The zero-order chi connectivity index (χ0) is 11.0. The van der Waals surface area contributed by atoms with Crippen LogP contribution in [-0.4, -0.2) is 11.1 Å². The second-order valence-corrected chi connectivity index (χ2v) is 4.51. The highest BCUT2D eigenvalue weighted by Gasteiger charge is 2.30. The molecule has 15 heavy (non-hydrogen) atoms. The molecule has 0 aromatic heterocycles. The van der Waals surface area contributed by atoms with Crippen molar-refractivity contribution in [3.8, 4) is 0 Å². The Hall–Kier alpha value is -1.31. The molecule has 2 rings (SSSR count). The van der Waals surface area contributed by atoms with Crippen molar-refractivity contribution in [2.24, 2.45) is 0 Å². The molecule has 0 amide bonds. The molecule has 1 aromatic carbocycles. The molecule has 0 radical (unpaired) electrons. The van der Waals surface area contributed by atoms with Crippen molar-refractivity contribution in [1.29, 1.82) is 0 Å². The molecule has 1 aromatic rings. The van der Waals surface area contributed by atoms with Crippen LogP contribution in [0, 0.1) is 6.92 Å². The Kier molecular flexibility index (Phi) is 2.51. The molecule has 0 unspecified atom stereocenters. The summed E-state index contributed by atoms with van der Waals surface area (Å²) in [6, 6.07) is 6.22. The maximum atomic E-state index is 10.8. The van der Waals surface area contributed by atoms with E-state index in [9.17, 15) is 4.79 Å². The first kappa shape index (κ1) is 10.2. The summed E-state index contributed by atoms with van der Waals surface area (Å²) in [6.07, 6.45) is 1.24. The van der Waals surface area contributed by atoms with E-state index in [2.05, 4.69) is 26.0 Å². The van der Waals surface area contributed by atoms with Crippen LogP contribution < -0.4 is 0 Å². The van der Waals surface area contributed by atoms with Gasteiger partial charge in [0, 0.05) is 0 Å². The van der Waals surface area contributed by atoms with Gasteiger partial charge in [0.15, 0.2) is 0 Å². The lowest BCUT2D eigenvalue weighted by molar-refractivity contribution is -0.137. The number of carboxylic acids is 1. The Morgan fingerprint density at radius 1 is 1.53 bits per heavy atom. The van der Waals surface area contributed by atoms with E-state index in [0.717, 1.165) is 6.42 Å². The van der Waals surface area contributed by atoms with Crippen molar-refractivity contribution >= 4 is 5.97 Å². The second-order valence-electron chi connectivity index (χ2n) is 4.51. The first-order valence-electron chi connectivity index (χ1n) is 5.40. The molecule has 2 atom stereocenters. The smallest absolute Gasteiger partial charge is 0.303 e. The summed E-state index contributed by atoms with van der Waals surface area (Å²) < 4.78 is 0. The molecule has 0 aliphatic heterocycles. The van der Waals surface area contributed by atoms with Crippen molar-refractivity contribution in [1.82, 2.24) is 0 Å². The van der Waals surface area contributed by atoms with Crippen LogP contribution in [0.5, 0.6) is 0 Å². The number of carbonyl (C=O) groups is 1. The van der Waals surface area contributed by atoms with E-state index in [1.54, 1.807) is 0 Å². The molecule has 0 fully saturated rings. The molecule has 1 N–H and O–H groups in total. The van der Waals surface area contributed by atoms with Gasteiger partial charge in [0.25, 0.3) is 0 Å². The predicted octanol–water partition coefficient (Wildman–Crippen LogP) is 3.06. The van der Waals surface area contributed by atoms with Gasteiger partial charge in [0.05, 0.1) is 6.42 Å². The van der Waals surface area contributed by atoms with Crippen LogP contribution in [0.3, 0.4) is 0 Å². The highest BCUT2D eigenvalue weighted by Crippen LogP contribution is 2.44. The third-order valence-corrected chi connectivity index (χ3v) is 3.35. The third-order valence-electron chi connectivity index (χ3n) is 3.35. The number of benzene rings is 1. The highest BCUT2D eigenvalue weighted by molar-refractivity contribution is 5.68. The maximum Gasteiger partial charge on any atom is 0.303 e. The lowest BCUT2D eigenvalue weighted by atomic mass is 9.96. The summed E-state index contributed by atoms with van der Waals surface area (Å²) in [6.45, 7) is 4.30. The zero-order valence-electron chi connectivity index (χ0n) is 9.16. The molecule has 0 heterocycles. The summed E-state index contributed by atoms with van der Waals surface area (Å²) >= 11 is 0.